The third-order valence-corrected chi connectivity index (χ3v) is 5.07. The molecule has 4 aromatic rings. The first-order valence-corrected chi connectivity index (χ1v) is 9.34. The molecule has 0 saturated carbocycles. The molecule has 0 atom stereocenters. The second kappa shape index (κ2) is 6.96. The lowest BCUT2D eigenvalue weighted by Crippen LogP contribution is -2.16. The van der Waals surface area contributed by atoms with Crippen LogP contribution >= 0.6 is 22.7 Å². The largest absolute Gasteiger partial charge is 0.323 e. The van der Waals surface area contributed by atoms with Crippen molar-refractivity contribution in [3.8, 4) is 16.4 Å². The van der Waals surface area contributed by atoms with Gasteiger partial charge in [0.15, 0.2) is 5.82 Å². The predicted octanol–water partition coefficient (Wildman–Crippen LogP) is 3.63. The maximum atomic E-state index is 12.4. The van der Waals surface area contributed by atoms with Gasteiger partial charge in [-0.3, -0.25) is 4.79 Å². The molecule has 0 unspecified atom stereocenters. The molecule has 4 heterocycles. The van der Waals surface area contributed by atoms with Crippen molar-refractivity contribution < 1.29 is 4.79 Å². The molecule has 0 aromatic carbocycles. The van der Waals surface area contributed by atoms with E-state index in [0.29, 0.717) is 11.5 Å². The molecule has 0 aliphatic rings. The zero-order chi connectivity index (χ0) is 17.1. The zero-order valence-corrected chi connectivity index (χ0v) is 14.6. The lowest BCUT2D eigenvalue weighted by atomic mass is 10.3. The average Bonchev–Trinajstić information content (AvgIpc) is 3.37. The van der Waals surface area contributed by atoms with Gasteiger partial charge in [-0.25, -0.2) is 14.6 Å². The number of rotatable bonds is 5. The minimum atomic E-state index is -0.136. The Morgan fingerprint density at radius 2 is 2.16 bits per heavy atom. The first-order chi connectivity index (χ1) is 12.3. The second-order valence-electron chi connectivity index (χ2n) is 5.21. The van der Waals surface area contributed by atoms with Gasteiger partial charge in [0, 0.05) is 34.9 Å². The van der Waals surface area contributed by atoms with Gasteiger partial charge in [0.05, 0.1) is 17.8 Å². The van der Waals surface area contributed by atoms with E-state index in [1.54, 1.807) is 58.1 Å². The number of carbonyl (C=O) groups excluding carboxylic acids is 1. The number of carbonyl (C=O) groups is 1. The van der Waals surface area contributed by atoms with Crippen molar-refractivity contribution >= 4 is 34.3 Å². The zero-order valence-electron chi connectivity index (χ0n) is 13.0. The molecular weight excluding hydrogens is 354 g/mol. The highest BCUT2D eigenvalue weighted by Crippen LogP contribution is 2.26. The Hall–Kier alpha value is -2.84. The molecule has 0 bridgehead atoms. The summed E-state index contributed by atoms with van der Waals surface area (Å²) in [6.07, 6.45) is 5.33. The summed E-state index contributed by atoms with van der Waals surface area (Å²) in [5.74, 6) is 0.446. The van der Waals surface area contributed by atoms with Gasteiger partial charge in [-0.15, -0.1) is 11.3 Å². The number of anilines is 1. The van der Waals surface area contributed by atoms with Crippen molar-refractivity contribution in [3.63, 3.8) is 0 Å². The van der Waals surface area contributed by atoms with Crippen LogP contribution in [0.25, 0.3) is 16.4 Å². The van der Waals surface area contributed by atoms with Gasteiger partial charge in [0.2, 0.25) is 5.91 Å². The van der Waals surface area contributed by atoms with Crippen molar-refractivity contribution in [2.24, 2.45) is 0 Å². The highest BCUT2D eigenvalue weighted by molar-refractivity contribution is 7.14. The molecule has 0 fully saturated rings. The minimum absolute atomic E-state index is 0.136. The number of amides is 1. The summed E-state index contributed by atoms with van der Waals surface area (Å²) >= 11 is 3.18. The van der Waals surface area contributed by atoms with Crippen LogP contribution < -0.4 is 5.32 Å². The fourth-order valence-corrected chi connectivity index (χ4v) is 3.87. The van der Waals surface area contributed by atoms with Gasteiger partial charge in [0.1, 0.15) is 5.01 Å². The Morgan fingerprint density at radius 3 is 2.96 bits per heavy atom. The van der Waals surface area contributed by atoms with Gasteiger partial charge in [-0.1, -0.05) is 0 Å². The van der Waals surface area contributed by atoms with Crippen LogP contribution in [0.1, 0.15) is 5.69 Å². The number of nitrogens with zero attached hydrogens (tertiary/aromatic N) is 4. The smallest absolute Gasteiger partial charge is 0.230 e. The Labute approximate surface area is 151 Å². The molecule has 6 nitrogen and oxygen atoms in total. The fraction of sp³-hybridized carbons (Fsp3) is 0.0588. The van der Waals surface area contributed by atoms with E-state index in [-0.39, 0.29) is 12.3 Å². The summed E-state index contributed by atoms with van der Waals surface area (Å²) in [6, 6.07) is 7.42. The quantitative estimate of drug-likeness (QED) is 0.585. The molecule has 0 aliphatic heterocycles. The number of nitrogens with one attached hydrogen (secondary N) is 1. The van der Waals surface area contributed by atoms with Crippen LogP contribution in [-0.2, 0) is 11.2 Å². The molecule has 25 heavy (non-hydrogen) atoms. The van der Waals surface area contributed by atoms with Gasteiger partial charge in [0.25, 0.3) is 0 Å². The molecule has 0 spiro atoms. The van der Waals surface area contributed by atoms with Crippen molar-refractivity contribution in [1.82, 2.24) is 19.7 Å². The number of hydrogen-bond donors (Lipinski definition) is 1. The number of aromatic nitrogens is 4. The van der Waals surface area contributed by atoms with Gasteiger partial charge in [-0.2, -0.15) is 16.4 Å². The SMILES string of the molecule is O=C(Cc1csc(-c2ccsc2)n1)Nc1cccnc1-n1cccn1. The van der Waals surface area contributed by atoms with E-state index >= 15 is 0 Å². The monoisotopic (exact) mass is 367 g/mol. The Bertz CT molecular complexity index is 976. The Kier molecular flexibility index (Phi) is 4.36. The summed E-state index contributed by atoms with van der Waals surface area (Å²) in [4.78, 5) is 21.2. The van der Waals surface area contributed by atoms with Crippen LogP contribution in [0.5, 0.6) is 0 Å². The number of thiophene rings is 1. The molecule has 124 valence electrons. The Balaban J connectivity index is 1.48. The third-order valence-electron chi connectivity index (χ3n) is 3.44. The van der Waals surface area contributed by atoms with Gasteiger partial charge in [-0.05, 0) is 29.6 Å². The summed E-state index contributed by atoms with van der Waals surface area (Å²) in [7, 11) is 0. The lowest BCUT2D eigenvalue weighted by Gasteiger charge is -2.09. The maximum Gasteiger partial charge on any atom is 0.230 e. The van der Waals surface area contributed by atoms with E-state index in [1.807, 2.05) is 22.9 Å². The van der Waals surface area contributed by atoms with Crippen LogP contribution in [0.2, 0.25) is 0 Å². The average molecular weight is 367 g/mol. The van der Waals surface area contributed by atoms with E-state index in [9.17, 15) is 4.79 Å². The van der Waals surface area contributed by atoms with Gasteiger partial charge >= 0.3 is 0 Å². The van der Waals surface area contributed by atoms with Crippen LogP contribution in [0.3, 0.4) is 0 Å². The topological polar surface area (TPSA) is 72.7 Å². The number of thiazole rings is 1. The fourth-order valence-electron chi connectivity index (χ4n) is 2.34. The van der Waals surface area contributed by atoms with Gasteiger partial charge < -0.3 is 5.32 Å². The van der Waals surface area contributed by atoms with E-state index in [0.717, 1.165) is 16.3 Å². The maximum absolute atomic E-state index is 12.4. The molecule has 1 N–H and O–H groups in total. The first-order valence-electron chi connectivity index (χ1n) is 7.51. The van der Waals surface area contributed by atoms with E-state index in [4.69, 9.17) is 0 Å². The van der Waals surface area contributed by atoms with Crippen molar-refractivity contribution in [1.29, 1.82) is 0 Å². The number of hydrogen-bond acceptors (Lipinski definition) is 6. The van der Waals surface area contributed by atoms with Crippen molar-refractivity contribution in [3.05, 3.63) is 64.7 Å². The highest BCUT2D eigenvalue weighted by Gasteiger charge is 2.12. The molecule has 0 aliphatic carbocycles. The molecule has 0 radical (unpaired) electrons. The van der Waals surface area contributed by atoms with Crippen LogP contribution in [-0.4, -0.2) is 25.7 Å². The van der Waals surface area contributed by atoms with Crippen molar-refractivity contribution in [2.75, 3.05) is 5.32 Å². The third kappa shape index (κ3) is 3.49. The molecule has 1 amide bonds. The lowest BCUT2D eigenvalue weighted by molar-refractivity contribution is -0.115. The second-order valence-corrected chi connectivity index (χ2v) is 6.84. The summed E-state index contributed by atoms with van der Waals surface area (Å²) in [5, 5.41) is 14.0. The van der Waals surface area contributed by atoms with Crippen LogP contribution in [0, 0.1) is 0 Å². The molecule has 4 rings (SSSR count). The molecular formula is C17H13N5OS2. The normalized spacial score (nSPS) is 10.7. The molecule has 4 aromatic heterocycles. The summed E-state index contributed by atoms with van der Waals surface area (Å²) < 4.78 is 1.62. The van der Waals surface area contributed by atoms with Crippen LogP contribution in [0.15, 0.2) is 59.0 Å². The van der Waals surface area contributed by atoms with E-state index < -0.39 is 0 Å². The minimum Gasteiger partial charge on any atom is -0.323 e. The Morgan fingerprint density at radius 1 is 1.20 bits per heavy atom. The van der Waals surface area contributed by atoms with Crippen molar-refractivity contribution in [2.45, 2.75) is 6.42 Å². The number of pyridine rings is 1. The molecule has 8 heteroatoms. The van der Waals surface area contributed by atoms with Crippen LogP contribution in [0.4, 0.5) is 5.69 Å². The van der Waals surface area contributed by atoms with E-state index in [2.05, 4.69) is 25.8 Å². The van der Waals surface area contributed by atoms with E-state index in [1.165, 1.54) is 0 Å². The first kappa shape index (κ1) is 15.7. The predicted molar refractivity (Wildman–Crippen MR) is 99.1 cm³/mol. The summed E-state index contributed by atoms with van der Waals surface area (Å²) in [5.41, 5.74) is 2.47. The highest BCUT2D eigenvalue weighted by atomic mass is 32.1. The molecule has 0 saturated heterocycles. The summed E-state index contributed by atoms with van der Waals surface area (Å²) in [6.45, 7) is 0. The standard InChI is InChI=1S/C17H13N5OS2/c23-15(9-13-11-25-17(20-13)12-4-8-24-10-12)21-14-3-1-5-18-16(14)22-7-2-6-19-22/h1-8,10-11H,9H2,(H,21,23).